The molecule has 1 aromatic rings. The van der Waals surface area contributed by atoms with E-state index in [1.54, 1.807) is 6.07 Å². The summed E-state index contributed by atoms with van der Waals surface area (Å²) in [5.41, 5.74) is 8.17. The normalized spacial score (nSPS) is 14.7. The molecule has 92 valence electrons. The van der Waals surface area contributed by atoms with E-state index in [0.29, 0.717) is 11.7 Å². The number of carboxylic acids is 1. The van der Waals surface area contributed by atoms with Crippen molar-refractivity contribution in [1.29, 1.82) is 0 Å². The van der Waals surface area contributed by atoms with Gasteiger partial charge in [0.1, 0.15) is 0 Å². The molecule has 0 unspecified atom stereocenters. The fraction of sp³-hybridized carbons (Fsp3) is 0.462. The minimum Gasteiger partial charge on any atom is -0.478 e. The van der Waals surface area contributed by atoms with Gasteiger partial charge in [0.2, 0.25) is 0 Å². The van der Waals surface area contributed by atoms with Crippen molar-refractivity contribution in [3.05, 3.63) is 23.3 Å². The van der Waals surface area contributed by atoms with E-state index < -0.39 is 5.97 Å². The standard InChI is InChI=1S/C13H18N2O2/c1-3-15(9-4-5-9)10-6-8(2)12(14)11(7-10)13(16)17/h6-7,9H,3-5,14H2,1-2H3,(H,16,17). The first-order chi connectivity index (χ1) is 8.04. The third-order valence-electron chi connectivity index (χ3n) is 3.26. The smallest absolute Gasteiger partial charge is 0.337 e. The summed E-state index contributed by atoms with van der Waals surface area (Å²) < 4.78 is 0. The van der Waals surface area contributed by atoms with Crippen molar-refractivity contribution in [3.63, 3.8) is 0 Å². The molecule has 0 spiro atoms. The molecule has 1 fully saturated rings. The molecule has 1 aliphatic rings. The molecular formula is C13H18N2O2. The first kappa shape index (κ1) is 11.8. The van der Waals surface area contributed by atoms with E-state index in [0.717, 1.165) is 17.8 Å². The van der Waals surface area contributed by atoms with Crippen LogP contribution in [0.5, 0.6) is 0 Å². The molecule has 17 heavy (non-hydrogen) atoms. The number of hydrogen-bond acceptors (Lipinski definition) is 3. The van der Waals surface area contributed by atoms with Gasteiger partial charge >= 0.3 is 5.97 Å². The zero-order valence-electron chi connectivity index (χ0n) is 10.2. The van der Waals surface area contributed by atoms with Crippen LogP contribution in [0.15, 0.2) is 12.1 Å². The Labute approximate surface area is 101 Å². The van der Waals surface area contributed by atoms with Gasteiger partial charge in [-0.1, -0.05) is 0 Å². The van der Waals surface area contributed by atoms with Crippen LogP contribution in [0.25, 0.3) is 0 Å². The van der Waals surface area contributed by atoms with E-state index in [1.165, 1.54) is 12.8 Å². The monoisotopic (exact) mass is 234 g/mol. The number of carbonyl (C=O) groups is 1. The van der Waals surface area contributed by atoms with Crippen molar-refractivity contribution in [2.24, 2.45) is 0 Å². The van der Waals surface area contributed by atoms with Crippen LogP contribution in [0.4, 0.5) is 11.4 Å². The van der Waals surface area contributed by atoms with E-state index in [9.17, 15) is 4.79 Å². The number of benzene rings is 1. The summed E-state index contributed by atoms with van der Waals surface area (Å²) in [5.74, 6) is -0.959. The van der Waals surface area contributed by atoms with Gasteiger partial charge in [-0.25, -0.2) is 4.79 Å². The molecule has 0 aromatic heterocycles. The van der Waals surface area contributed by atoms with Crippen LogP contribution in [-0.2, 0) is 0 Å². The lowest BCUT2D eigenvalue weighted by Crippen LogP contribution is -2.25. The Morgan fingerprint density at radius 2 is 2.18 bits per heavy atom. The first-order valence-corrected chi connectivity index (χ1v) is 5.94. The second kappa shape index (κ2) is 4.28. The molecule has 1 aliphatic carbocycles. The number of nitrogen functional groups attached to an aromatic ring is 1. The highest BCUT2D eigenvalue weighted by molar-refractivity contribution is 5.95. The van der Waals surface area contributed by atoms with Crippen molar-refractivity contribution >= 4 is 17.3 Å². The van der Waals surface area contributed by atoms with Crippen molar-refractivity contribution in [3.8, 4) is 0 Å². The Kier molecular flexibility index (Phi) is 2.96. The average Bonchev–Trinajstić information content (AvgIpc) is 3.07. The number of aryl methyl sites for hydroxylation is 1. The Balaban J connectivity index is 2.43. The highest BCUT2D eigenvalue weighted by Crippen LogP contribution is 2.34. The zero-order valence-corrected chi connectivity index (χ0v) is 10.2. The second-order valence-electron chi connectivity index (χ2n) is 4.55. The van der Waals surface area contributed by atoms with E-state index in [1.807, 2.05) is 13.0 Å². The Morgan fingerprint density at radius 3 is 2.65 bits per heavy atom. The molecule has 0 atom stereocenters. The van der Waals surface area contributed by atoms with Gasteiger partial charge in [-0.05, 0) is 44.4 Å². The van der Waals surface area contributed by atoms with Gasteiger partial charge < -0.3 is 15.7 Å². The molecule has 0 heterocycles. The maximum Gasteiger partial charge on any atom is 0.337 e. The van der Waals surface area contributed by atoms with Crippen LogP contribution in [0, 0.1) is 6.92 Å². The molecule has 0 amide bonds. The van der Waals surface area contributed by atoms with E-state index in [-0.39, 0.29) is 5.56 Å². The number of anilines is 2. The van der Waals surface area contributed by atoms with E-state index in [4.69, 9.17) is 10.8 Å². The number of aromatic carboxylic acids is 1. The summed E-state index contributed by atoms with van der Waals surface area (Å²) >= 11 is 0. The van der Waals surface area contributed by atoms with Gasteiger partial charge in [-0.2, -0.15) is 0 Å². The van der Waals surface area contributed by atoms with Crippen LogP contribution in [-0.4, -0.2) is 23.7 Å². The average molecular weight is 234 g/mol. The largest absolute Gasteiger partial charge is 0.478 e. The highest BCUT2D eigenvalue weighted by Gasteiger charge is 2.29. The lowest BCUT2D eigenvalue weighted by Gasteiger charge is -2.24. The van der Waals surface area contributed by atoms with Crippen LogP contribution in [0.2, 0.25) is 0 Å². The predicted octanol–water partition coefficient (Wildman–Crippen LogP) is 2.26. The fourth-order valence-corrected chi connectivity index (χ4v) is 2.16. The topological polar surface area (TPSA) is 66.6 Å². The number of hydrogen-bond donors (Lipinski definition) is 2. The lowest BCUT2D eigenvalue weighted by atomic mass is 10.1. The number of carboxylic acid groups (broad SMARTS) is 1. The van der Waals surface area contributed by atoms with Crippen LogP contribution in [0.1, 0.15) is 35.7 Å². The molecular weight excluding hydrogens is 216 g/mol. The van der Waals surface area contributed by atoms with Crippen LogP contribution < -0.4 is 10.6 Å². The van der Waals surface area contributed by atoms with Crippen LogP contribution in [0.3, 0.4) is 0 Å². The minimum atomic E-state index is -0.959. The summed E-state index contributed by atoms with van der Waals surface area (Å²) in [6.45, 7) is 4.84. The van der Waals surface area contributed by atoms with Gasteiger partial charge in [0.15, 0.2) is 0 Å². The SMILES string of the molecule is CCN(c1cc(C)c(N)c(C(=O)O)c1)C1CC1. The van der Waals surface area contributed by atoms with Gasteiger partial charge in [0.25, 0.3) is 0 Å². The molecule has 0 aliphatic heterocycles. The molecule has 4 heteroatoms. The van der Waals surface area contributed by atoms with Gasteiger partial charge in [0.05, 0.1) is 5.56 Å². The molecule has 0 bridgehead atoms. The van der Waals surface area contributed by atoms with E-state index in [2.05, 4.69) is 11.8 Å². The molecule has 2 rings (SSSR count). The number of nitrogens with two attached hydrogens (primary N) is 1. The predicted molar refractivity (Wildman–Crippen MR) is 68.6 cm³/mol. The molecule has 1 aromatic carbocycles. The van der Waals surface area contributed by atoms with Gasteiger partial charge in [-0.3, -0.25) is 0 Å². The van der Waals surface area contributed by atoms with Crippen molar-refractivity contribution in [2.75, 3.05) is 17.2 Å². The summed E-state index contributed by atoms with van der Waals surface area (Å²) in [4.78, 5) is 13.4. The second-order valence-corrected chi connectivity index (χ2v) is 4.55. The Bertz CT molecular complexity index is 453. The lowest BCUT2D eigenvalue weighted by molar-refractivity contribution is 0.0698. The third kappa shape index (κ3) is 2.20. The minimum absolute atomic E-state index is 0.208. The maximum absolute atomic E-state index is 11.1. The third-order valence-corrected chi connectivity index (χ3v) is 3.26. The van der Waals surface area contributed by atoms with Crippen LogP contribution >= 0.6 is 0 Å². The van der Waals surface area contributed by atoms with Crippen molar-refractivity contribution in [2.45, 2.75) is 32.7 Å². The first-order valence-electron chi connectivity index (χ1n) is 5.94. The molecule has 0 radical (unpaired) electrons. The van der Waals surface area contributed by atoms with E-state index >= 15 is 0 Å². The summed E-state index contributed by atoms with van der Waals surface area (Å²) in [6.07, 6.45) is 2.39. The zero-order chi connectivity index (χ0) is 12.6. The van der Waals surface area contributed by atoms with Crippen molar-refractivity contribution < 1.29 is 9.90 Å². The maximum atomic E-state index is 11.1. The number of nitrogens with zero attached hydrogens (tertiary/aromatic N) is 1. The van der Waals surface area contributed by atoms with Gasteiger partial charge in [-0.15, -0.1) is 0 Å². The van der Waals surface area contributed by atoms with Gasteiger partial charge in [0, 0.05) is 24.0 Å². The summed E-state index contributed by atoms with van der Waals surface area (Å²) in [6, 6.07) is 4.24. The molecule has 4 nitrogen and oxygen atoms in total. The van der Waals surface area contributed by atoms with Crippen molar-refractivity contribution in [1.82, 2.24) is 0 Å². The quantitative estimate of drug-likeness (QED) is 0.784. The summed E-state index contributed by atoms with van der Waals surface area (Å²) in [5, 5.41) is 9.12. The number of rotatable bonds is 4. The molecule has 3 N–H and O–H groups in total. The Hall–Kier alpha value is -1.71. The highest BCUT2D eigenvalue weighted by atomic mass is 16.4. The fourth-order valence-electron chi connectivity index (χ4n) is 2.16. The Morgan fingerprint density at radius 1 is 1.53 bits per heavy atom. The summed E-state index contributed by atoms with van der Waals surface area (Å²) in [7, 11) is 0. The molecule has 1 saturated carbocycles. The molecule has 0 saturated heterocycles.